The van der Waals surface area contributed by atoms with E-state index in [-0.39, 0.29) is 0 Å². The summed E-state index contributed by atoms with van der Waals surface area (Å²) in [4.78, 5) is 2.56. The summed E-state index contributed by atoms with van der Waals surface area (Å²) in [5, 5.41) is 4.04. The van der Waals surface area contributed by atoms with Crippen molar-refractivity contribution in [2.24, 2.45) is 5.92 Å². The Hall–Kier alpha value is -0.870. The highest BCUT2D eigenvalue weighted by Crippen LogP contribution is 2.40. The predicted octanol–water partition coefficient (Wildman–Crippen LogP) is 2.29. The number of ether oxygens (including phenoxy) is 1. The first-order chi connectivity index (χ1) is 8.70. The van der Waals surface area contributed by atoms with Crippen LogP contribution in [0.25, 0.3) is 0 Å². The van der Waals surface area contributed by atoms with Crippen molar-refractivity contribution >= 4 is 0 Å². The van der Waals surface area contributed by atoms with Crippen LogP contribution >= 0.6 is 0 Å². The van der Waals surface area contributed by atoms with Gasteiger partial charge in [0.25, 0.3) is 0 Å². The molecule has 18 heavy (non-hydrogen) atoms. The van der Waals surface area contributed by atoms with Gasteiger partial charge in [-0.15, -0.1) is 0 Å². The van der Waals surface area contributed by atoms with Crippen LogP contribution in [0, 0.1) is 19.8 Å². The molecule has 0 amide bonds. The second-order valence-corrected chi connectivity index (χ2v) is 5.56. The molecule has 0 unspecified atom stereocenters. The Kier molecular flexibility index (Phi) is 3.16. The summed E-state index contributed by atoms with van der Waals surface area (Å²) in [6.07, 6.45) is 3.06. The van der Waals surface area contributed by atoms with Crippen molar-refractivity contribution in [2.45, 2.75) is 52.3 Å². The number of piperidine rings is 1. The maximum absolute atomic E-state index is 5.92. The van der Waals surface area contributed by atoms with Crippen molar-refractivity contribution in [3.8, 4) is 0 Å². The van der Waals surface area contributed by atoms with E-state index in [1.807, 2.05) is 13.8 Å². The van der Waals surface area contributed by atoms with Gasteiger partial charge in [0, 0.05) is 31.3 Å². The Morgan fingerprint density at radius 1 is 1.39 bits per heavy atom. The first-order valence-electron chi connectivity index (χ1n) is 6.98. The lowest BCUT2D eigenvalue weighted by atomic mass is 10.1. The molecule has 2 aliphatic rings. The molecule has 4 heteroatoms. The summed E-state index contributed by atoms with van der Waals surface area (Å²) in [5.41, 5.74) is 2.29. The molecule has 2 fully saturated rings. The molecule has 0 radical (unpaired) electrons. The molecule has 1 aliphatic carbocycles. The van der Waals surface area contributed by atoms with Gasteiger partial charge in [0.15, 0.2) is 0 Å². The van der Waals surface area contributed by atoms with Crippen molar-refractivity contribution in [3.05, 3.63) is 17.0 Å². The third kappa shape index (κ3) is 1.88. The van der Waals surface area contributed by atoms with Crippen LogP contribution in [-0.2, 0) is 11.3 Å². The number of aryl methyl sites for hydroxylation is 2. The highest BCUT2D eigenvalue weighted by atomic mass is 16.5. The lowest BCUT2D eigenvalue weighted by Gasteiger charge is -2.26. The van der Waals surface area contributed by atoms with Crippen LogP contribution in [0.3, 0.4) is 0 Å². The average Bonchev–Trinajstić information content (AvgIpc) is 2.99. The largest absolute Gasteiger partial charge is 0.377 e. The molecule has 1 aromatic heterocycles. The van der Waals surface area contributed by atoms with Crippen LogP contribution in [0.2, 0.25) is 0 Å². The van der Waals surface area contributed by atoms with Crippen molar-refractivity contribution in [1.29, 1.82) is 0 Å². The first-order valence-corrected chi connectivity index (χ1v) is 6.98. The van der Waals surface area contributed by atoms with E-state index >= 15 is 0 Å². The summed E-state index contributed by atoms with van der Waals surface area (Å²) in [6, 6.07) is 0.601. The second kappa shape index (κ2) is 4.67. The summed E-state index contributed by atoms with van der Waals surface area (Å²) < 4.78 is 11.2. The fourth-order valence-electron chi connectivity index (χ4n) is 3.60. The Bertz CT molecular complexity index is 410. The van der Waals surface area contributed by atoms with Gasteiger partial charge in [0.2, 0.25) is 0 Å². The average molecular weight is 250 g/mol. The standard InChI is InChI=1S/C14H22N2O2/c1-4-17-14-11-5-6-13(14)16(7-11)8-12-9(2)15-18-10(12)3/h11,13-14H,4-8H2,1-3H3/t11-,13+,14+/m0/s1. The molecule has 1 aromatic rings. The van der Waals surface area contributed by atoms with Crippen LogP contribution in [0.4, 0.5) is 0 Å². The molecule has 4 nitrogen and oxygen atoms in total. The number of fused-ring (bicyclic) bond motifs is 2. The van der Waals surface area contributed by atoms with Crippen LogP contribution < -0.4 is 0 Å². The Balaban J connectivity index is 1.72. The molecular formula is C14H22N2O2. The molecule has 3 atom stereocenters. The zero-order valence-electron chi connectivity index (χ0n) is 11.5. The zero-order valence-corrected chi connectivity index (χ0v) is 11.5. The molecule has 2 bridgehead atoms. The zero-order chi connectivity index (χ0) is 12.7. The number of nitrogens with zero attached hydrogens (tertiary/aromatic N) is 2. The number of rotatable bonds is 4. The molecule has 1 aliphatic heterocycles. The highest BCUT2D eigenvalue weighted by Gasteiger charge is 2.47. The van der Waals surface area contributed by atoms with Gasteiger partial charge in [-0.2, -0.15) is 0 Å². The number of hydrogen-bond acceptors (Lipinski definition) is 4. The predicted molar refractivity (Wildman–Crippen MR) is 68.3 cm³/mol. The minimum absolute atomic E-state index is 0.454. The maximum Gasteiger partial charge on any atom is 0.138 e. The Morgan fingerprint density at radius 2 is 2.22 bits per heavy atom. The van der Waals surface area contributed by atoms with Gasteiger partial charge in [-0.1, -0.05) is 5.16 Å². The highest BCUT2D eigenvalue weighted by molar-refractivity contribution is 5.21. The maximum atomic E-state index is 5.92. The minimum atomic E-state index is 0.454. The van der Waals surface area contributed by atoms with E-state index in [0.717, 1.165) is 30.5 Å². The number of hydrogen-bond donors (Lipinski definition) is 0. The van der Waals surface area contributed by atoms with Crippen molar-refractivity contribution in [2.75, 3.05) is 13.2 Å². The first kappa shape index (κ1) is 12.2. The van der Waals surface area contributed by atoms with E-state index in [1.165, 1.54) is 24.9 Å². The third-order valence-corrected chi connectivity index (χ3v) is 4.52. The lowest BCUT2D eigenvalue weighted by molar-refractivity contribution is 0.0349. The van der Waals surface area contributed by atoms with Crippen molar-refractivity contribution < 1.29 is 9.26 Å². The van der Waals surface area contributed by atoms with Gasteiger partial charge in [-0.25, -0.2) is 0 Å². The van der Waals surface area contributed by atoms with E-state index in [1.54, 1.807) is 0 Å². The van der Waals surface area contributed by atoms with Crippen LogP contribution in [-0.4, -0.2) is 35.4 Å². The monoisotopic (exact) mass is 250 g/mol. The van der Waals surface area contributed by atoms with Gasteiger partial charge in [-0.05, 0) is 39.5 Å². The summed E-state index contributed by atoms with van der Waals surface area (Å²) in [5.74, 6) is 1.69. The lowest BCUT2D eigenvalue weighted by Crippen LogP contribution is -2.35. The Morgan fingerprint density at radius 3 is 2.89 bits per heavy atom. The van der Waals surface area contributed by atoms with Gasteiger partial charge in [-0.3, -0.25) is 4.90 Å². The van der Waals surface area contributed by atoms with E-state index < -0.39 is 0 Å². The van der Waals surface area contributed by atoms with Crippen molar-refractivity contribution in [1.82, 2.24) is 10.1 Å². The van der Waals surface area contributed by atoms with E-state index in [2.05, 4.69) is 17.0 Å². The normalized spacial score (nSPS) is 31.4. The molecule has 0 N–H and O–H groups in total. The fraction of sp³-hybridized carbons (Fsp3) is 0.786. The van der Waals surface area contributed by atoms with Gasteiger partial charge in [0.1, 0.15) is 5.76 Å². The molecular weight excluding hydrogens is 228 g/mol. The topological polar surface area (TPSA) is 38.5 Å². The SMILES string of the molecule is CCO[C@@H]1[C@H]2CC[C@H]1N(Cc1c(C)noc1C)C2. The van der Waals surface area contributed by atoms with Gasteiger partial charge >= 0.3 is 0 Å². The molecule has 1 saturated carbocycles. The van der Waals surface area contributed by atoms with Crippen molar-refractivity contribution in [3.63, 3.8) is 0 Å². The summed E-state index contributed by atoms with van der Waals surface area (Å²) >= 11 is 0. The molecule has 100 valence electrons. The number of likely N-dealkylation sites (tertiary alicyclic amines) is 1. The minimum Gasteiger partial charge on any atom is -0.377 e. The summed E-state index contributed by atoms with van der Waals surface area (Å²) in [6.45, 7) is 9.09. The van der Waals surface area contributed by atoms with E-state index in [4.69, 9.17) is 9.26 Å². The van der Waals surface area contributed by atoms with Gasteiger partial charge in [0.05, 0.1) is 11.8 Å². The van der Waals surface area contributed by atoms with E-state index in [9.17, 15) is 0 Å². The van der Waals surface area contributed by atoms with Crippen LogP contribution in [0.5, 0.6) is 0 Å². The second-order valence-electron chi connectivity index (χ2n) is 5.56. The summed E-state index contributed by atoms with van der Waals surface area (Å²) in [7, 11) is 0. The fourth-order valence-corrected chi connectivity index (χ4v) is 3.60. The molecule has 3 rings (SSSR count). The van der Waals surface area contributed by atoms with Crippen LogP contribution in [0.15, 0.2) is 4.52 Å². The third-order valence-electron chi connectivity index (χ3n) is 4.52. The molecule has 0 aromatic carbocycles. The molecule has 0 spiro atoms. The molecule has 2 heterocycles. The number of aromatic nitrogens is 1. The van der Waals surface area contributed by atoms with E-state index in [0.29, 0.717) is 12.1 Å². The molecule has 1 saturated heterocycles. The quantitative estimate of drug-likeness (QED) is 0.822. The smallest absolute Gasteiger partial charge is 0.138 e. The Labute approximate surface area is 108 Å². The van der Waals surface area contributed by atoms with Gasteiger partial charge < -0.3 is 9.26 Å². The van der Waals surface area contributed by atoms with Crippen LogP contribution in [0.1, 0.15) is 36.8 Å².